The lowest BCUT2D eigenvalue weighted by Crippen LogP contribution is -2.30. The third-order valence-electron chi connectivity index (χ3n) is 2.37. The molecule has 0 amide bonds. The molecule has 0 aliphatic rings. The molecule has 0 unspecified atom stereocenters. The molecule has 1 heterocycles. The molecule has 0 bridgehead atoms. The number of nitrogens with one attached hydrogen (secondary N) is 1. The fourth-order valence-corrected chi connectivity index (χ4v) is 3.34. The lowest BCUT2D eigenvalue weighted by molar-refractivity contribution is 0.304. The molecule has 0 aliphatic carbocycles. The van der Waals surface area contributed by atoms with Gasteiger partial charge in [-0.2, -0.15) is 0 Å². The molecule has 0 atom stereocenters. The van der Waals surface area contributed by atoms with E-state index in [1.807, 2.05) is 0 Å². The van der Waals surface area contributed by atoms with Gasteiger partial charge in [-0.1, -0.05) is 11.3 Å². The van der Waals surface area contributed by atoms with Crippen LogP contribution >= 0.6 is 11.3 Å². The number of ether oxygens (including phenoxy) is 1. The number of aromatic nitrogens is 2. The molecule has 0 radical (unpaired) electrons. The van der Waals surface area contributed by atoms with Gasteiger partial charge in [-0.3, -0.25) is 0 Å². The zero-order valence-corrected chi connectivity index (χ0v) is 13.2. The first-order chi connectivity index (χ1) is 9.87. The molecule has 0 aliphatic heterocycles. The van der Waals surface area contributed by atoms with Gasteiger partial charge in [0, 0.05) is 6.04 Å². The van der Waals surface area contributed by atoms with E-state index in [1.54, 1.807) is 26.0 Å². The highest BCUT2D eigenvalue weighted by Crippen LogP contribution is 2.18. The van der Waals surface area contributed by atoms with Crippen molar-refractivity contribution in [3.05, 3.63) is 29.3 Å². The molecule has 1 aromatic carbocycles. The minimum atomic E-state index is -3.48. The Labute approximate surface area is 127 Å². The minimum absolute atomic E-state index is 0.159. The van der Waals surface area contributed by atoms with Gasteiger partial charge in [0.05, 0.1) is 4.90 Å². The second kappa shape index (κ2) is 6.37. The Hall–Kier alpha value is -1.71. The first-order valence-corrected chi connectivity index (χ1v) is 8.50. The number of hydrogen-bond donors (Lipinski definition) is 2. The number of nitrogens with zero attached hydrogens (tertiary/aromatic N) is 2. The minimum Gasteiger partial charge on any atom is -0.486 e. The molecule has 114 valence electrons. The molecule has 2 aromatic rings. The highest BCUT2D eigenvalue weighted by molar-refractivity contribution is 7.89. The fourth-order valence-electron chi connectivity index (χ4n) is 1.56. The van der Waals surface area contributed by atoms with Gasteiger partial charge in [-0.25, -0.2) is 13.1 Å². The average molecular weight is 328 g/mol. The van der Waals surface area contributed by atoms with E-state index in [0.717, 1.165) is 0 Å². The zero-order chi connectivity index (χ0) is 15.5. The summed E-state index contributed by atoms with van der Waals surface area (Å²) in [6.45, 7) is 3.77. The SMILES string of the molecule is CC(C)NS(=O)(=O)c1ccc(OCc2nnc(N)s2)cc1. The van der Waals surface area contributed by atoms with E-state index in [2.05, 4.69) is 14.9 Å². The predicted molar refractivity (Wildman–Crippen MR) is 80.6 cm³/mol. The van der Waals surface area contributed by atoms with Crippen LogP contribution in [0, 0.1) is 0 Å². The number of nitrogens with two attached hydrogens (primary N) is 1. The molecule has 0 fully saturated rings. The van der Waals surface area contributed by atoms with Crippen molar-refractivity contribution in [1.29, 1.82) is 0 Å². The molecule has 0 spiro atoms. The molecule has 2 rings (SSSR count). The van der Waals surface area contributed by atoms with Gasteiger partial charge in [0.25, 0.3) is 0 Å². The van der Waals surface area contributed by atoms with E-state index >= 15 is 0 Å². The van der Waals surface area contributed by atoms with Crippen LogP contribution in [0.3, 0.4) is 0 Å². The molecule has 9 heteroatoms. The first-order valence-electron chi connectivity index (χ1n) is 6.20. The van der Waals surface area contributed by atoms with Crippen LogP contribution in [-0.2, 0) is 16.6 Å². The van der Waals surface area contributed by atoms with Crippen LogP contribution in [0.2, 0.25) is 0 Å². The number of hydrogen-bond acceptors (Lipinski definition) is 7. The van der Waals surface area contributed by atoms with Gasteiger partial charge in [-0.05, 0) is 38.1 Å². The number of rotatable bonds is 6. The number of nitrogen functional groups attached to an aromatic ring is 1. The van der Waals surface area contributed by atoms with Gasteiger partial charge >= 0.3 is 0 Å². The lowest BCUT2D eigenvalue weighted by atomic mass is 10.3. The van der Waals surface area contributed by atoms with Crippen LogP contribution in [-0.4, -0.2) is 24.7 Å². The molecule has 7 nitrogen and oxygen atoms in total. The largest absolute Gasteiger partial charge is 0.486 e. The van der Waals surface area contributed by atoms with Crippen LogP contribution < -0.4 is 15.2 Å². The van der Waals surface area contributed by atoms with Crippen molar-refractivity contribution in [2.45, 2.75) is 31.4 Å². The molecule has 0 saturated carbocycles. The van der Waals surface area contributed by atoms with Crippen molar-refractivity contribution in [2.24, 2.45) is 0 Å². The Balaban J connectivity index is 2.02. The second-order valence-electron chi connectivity index (χ2n) is 4.57. The third kappa shape index (κ3) is 4.38. The lowest BCUT2D eigenvalue weighted by Gasteiger charge is -2.10. The smallest absolute Gasteiger partial charge is 0.240 e. The van der Waals surface area contributed by atoms with Gasteiger partial charge in [-0.15, -0.1) is 10.2 Å². The van der Waals surface area contributed by atoms with Gasteiger partial charge in [0.2, 0.25) is 15.2 Å². The summed E-state index contributed by atoms with van der Waals surface area (Å²) in [6.07, 6.45) is 0. The van der Waals surface area contributed by atoms with Crippen molar-refractivity contribution in [3.63, 3.8) is 0 Å². The normalized spacial score (nSPS) is 11.8. The molecular weight excluding hydrogens is 312 g/mol. The number of benzene rings is 1. The summed E-state index contributed by atoms with van der Waals surface area (Å²) in [4.78, 5) is 0.198. The molecule has 21 heavy (non-hydrogen) atoms. The molecular formula is C12H16N4O3S2. The monoisotopic (exact) mass is 328 g/mol. The maximum atomic E-state index is 12.0. The van der Waals surface area contributed by atoms with Gasteiger partial charge in [0.15, 0.2) is 5.01 Å². The maximum Gasteiger partial charge on any atom is 0.240 e. The topological polar surface area (TPSA) is 107 Å². The third-order valence-corrected chi connectivity index (χ3v) is 4.77. The van der Waals surface area contributed by atoms with Crippen molar-refractivity contribution in [1.82, 2.24) is 14.9 Å². The van der Waals surface area contributed by atoms with E-state index in [-0.39, 0.29) is 17.5 Å². The standard InChI is InChI=1S/C12H16N4O3S2/c1-8(2)16-21(17,18)10-5-3-9(4-6-10)19-7-11-14-15-12(13)20-11/h3-6,8,16H,7H2,1-2H3,(H2,13,15). The van der Waals surface area contributed by atoms with Gasteiger partial charge in [0.1, 0.15) is 12.4 Å². The van der Waals surface area contributed by atoms with E-state index < -0.39 is 10.0 Å². The zero-order valence-electron chi connectivity index (χ0n) is 11.6. The predicted octanol–water partition coefficient (Wildman–Crippen LogP) is 1.39. The number of anilines is 1. The van der Waals surface area contributed by atoms with E-state index in [9.17, 15) is 8.42 Å². The van der Waals surface area contributed by atoms with Crippen molar-refractivity contribution < 1.29 is 13.2 Å². The average Bonchev–Trinajstić information content (AvgIpc) is 2.81. The summed E-state index contributed by atoms with van der Waals surface area (Å²) in [5.74, 6) is 0.548. The van der Waals surface area contributed by atoms with E-state index in [4.69, 9.17) is 10.5 Å². The van der Waals surface area contributed by atoms with E-state index in [0.29, 0.717) is 15.9 Å². The van der Waals surface area contributed by atoms with Crippen molar-refractivity contribution in [3.8, 4) is 5.75 Å². The summed E-state index contributed by atoms with van der Waals surface area (Å²) in [5.41, 5.74) is 5.47. The van der Waals surface area contributed by atoms with Crippen molar-refractivity contribution in [2.75, 3.05) is 5.73 Å². The molecule has 3 N–H and O–H groups in total. The Bertz CT molecular complexity index is 696. The molecule has 1 aromatic heterocycles. The summed E-state index contributed by atoms with van der Waals surface area (Å²) in [6, 6.07) is 6.02. The van der Waals surface area contributed by atoms with Crippen LogP contribution in [0.5, 0.6) is 5.75 Å². The number of sulfonamides is 1. The summed E-state index contributed by atoms with van der Waals surface area (Å²) in [7, 11) is -3.48. The Kier molecular flexibility index (Phi) is 4.76. The quantitative estimate of drug-likeness (QED) is 0.829. The van der Waals surface area contributed by atoms with Crippen LogP contribution in [0.4, 0.5) is 5.13 Å². The second-order valence-corrected chi connectivity index (χ2v) is 7.38. The Morgan fingerprint density at radius 3 is 2.48 bits per heavy atom. The summed E-state index contributed by atoms with van der Waals surface area (Å²) < 4.78 is 31.9. The van der Waals surface area contributed by atoms with Crippen LogP contribution in [0.25, 0.3) is 0 Å². The van der Waals surface area contributed by atoms with Crippen LogP contribution in [0.1, 0.15) is 18.9 Å². The highest BCUT2D eigenvalue weighted by Gasteiger charge is 2.15. The fraction of sp³-hybridized carbons (Fsp3) is 0.333. The summed E-state index contributed by atoms with van der Waals surface area (Å²) >= 11 is 1.25. The van der Waals surface area contributed by atoms with Crippen LogP contribution in [0.15, 0.2) is 29.2 Å². The van der Waals surface area contributed by atoms with Gasteiger partial charge < -0.3 is 10.5 Å². The first kappa shape index (κ1) is 15.7. The Morgan fingerprint density at radius 1 is 1.29 bits per heavy atom. The Morgan fingerprint density at radius 2 is 1.95 bits per heavy atom. The van der Waals surface area contributed by atoms with Crippen molar-refractivity contribution >= 4 is 26.5 Å². The summed E-state index contributed by atoms with van der Waals surface area (Å²) in [5, 5.41) is 8.56. The molecule has 0 saturated heterocycles. The highest BCUT2D eigenvalue weighted by atomic mass is 32.2. The van der Waals surface area contributed by atoms with E-state index in [1.165, 1.54) is 23.5 Å². The maximum absolute atomic E-state index is 12.0.